The molecule has 4 rings (SSSR count). The number of sulfonamides is 1. The number of aromatic amines is 1. The van der Waals surface area contributed by atoms with Gasteiger partial charge in [-0.3, -0.25) is 9.59 Å². The first-order valence-electron chi connectivity index (χ1n) is 9.21. The highest BCUT2D eigenvalue weighted by Gasteiger charge is 2.32. The highest BCUT2D eigenvalue weighted by molar-refractivity contribution is 7.91. The molecule has 1 amide bonds. The summed E-state index contributed by atoms with van der Waals surface area (Å²) in [4.78, 5) is 27.8. The Morgan fingerprint density at radius 2 is 1.90 bits per heavy atom. The summed E-state index contributed by atoms with van der Waals surface area (Å²) in [6.45, 7) is 2.87. The zero-order valence-electron chi connectivity index (χ0n) is 15.8. The summed E-state index contributed by atoms with van der Waals surface area (Å²) in [6.07, 6.45) is 0.912. The van der Waals surface area contributed by atoms with Gasteiger partial charge in [0.05, 0.1) is 0 Å². The van der Waals surface area contributed by atoms with E-state index in [1.165, 1.54) is 4.31 Å². The molecule has 11 heteroatoms. The maximum absolute atomic E-state index is 12.8. The lowest BCUT2D eigenvalue weighted by Crippen LogP contribution is -2.50. The highest BCUT2D eigenvalue weighted by Crippen LogP contribution is 2.32. The van der Waals surface area contributed by atoms with E-state index in [4.69, 9.17) is 9.47 Å². The lowest BCUT2D eigenvalue weighted by molar-refractivity contribution is -0.132. The molecule has 0 atom stereocenters. The Balaban J connectivity index is 1.33. The molecule has 0 radical (unpaired) electrons. The van der Waals surface area contributed by atoms with Crippen LogP contribution in [0.5, 0.6) is 11.5 Å². The molecular formula is C18H21N3O6S2. The van der Waals surface area contributed by atoms with Crippen LogP contribution in [0, 0.1) is 6.92 Å². The van der Waals surface area contributed by atoms with Gasteiger partial charge in [0, 0.05) is 38.3 Å². The Kier molecular flexibility index (Phi) is 5.36. The zero-order chi connectivity index (χ0) is 20.6. The van der Waals surface area contributed by atoms with Gasteiger partial charge in [0.2, 0.25) is 12.7 Å². The molecule has 2 aliphatic rings. The first-order chi connectivity index (χ1) is 13.8. The van der Waals surface area contributed by atoms with Gasteiger partial charge >= 0.3 is 4.87 Å². The fourth-order valence-electron chi connectivity index (χ4n) is 3.44. The van der Waals surface area contributed by atoms with Gasteiger partial charge < -0.3 is 19.4 Å². The van der Waals surface area contributed by atoms with E-state index < -0.39 is 14.9 Å². The summed E-state index contributed by atoms with van der Waals surface area (Å²) in [5, 5.41) is 0. The second-order valence-electron chi connectivity index (χ2n) is 6.90. The number of benzene rings is 1. The molecule has 0 unspecified atom stereocenters. The molecule has 0 aliphatic carbocycles. The molecular weight excluding hydrogens is 418 g/mol. The third-order valence-corrected chi connectivity index (χ3v) is 8.49. The number of aryl methyl sites for hydroxylation is 2. The number of carbonyl (C=O) groups is 1. The predicted molar refractivity (Wildman–Crippen MR) is 106 cm³/mol. The van der Waals surface area contributed by atoms with Crippen LogP contribution in [0.25, 0.3) is 0 Å². The van der Waals surface area contributed by atoms with E-state index in [-0.39, 0.29) is 30.0 Å². The number of H-pyrrole nitrogens is 1. The van der Waals surface area contributed by atoms with E-state index in [2.05, 4.69) is 4.98 Å². The number of piperazine rings is 1. The molecule has 29 heavy (non-hydrogen) atoms. The molecule has 2 aromatic rings. The number of fused-ring (bicyclic) bond motifs is 1. The van der Waals surface area contributed by atoms with Crippen molar-refractivity contribution in [2.75, 3.05) is 33.0 Å². The number of nitrogens with zero attached hydrogens (tertiary/aromatic N) is 2. The number of aromatic nitrogens is 1. The summed E-state index contributed by atoms with van der Waals surface area (Å²) in [7, 11) is -3.73. The van der Waals surface area contributed by atoms with Crippen LogP contribution < -0.4 is 14.3 Å². The van der Waals surface area contributed by atoms with E-state index in [0.717, 1.165) is 5.56 Å². The molecule has 0 spiro atoms. The smallest absolute Gasteiger partial charge is 0.305 e. The molecule has 0 bridgehead atoms. The van der Waals surface area contributed by atoms with Crippen LogP contribution in [0.2, 0.25) is 0 Å². The Morgan fingerprint density at radius 3 is 2.59 bits per heavy atom. The first kappa shape index (κ1) is 19.9. The van der Waals surface area contributed by atoms with Gasteiger partial charge in [-0.1, -0.05) is 17.4 Å². The van der Waals surface area contributed by atoms with Crippen LogP contribution in [0.1, 0.15) is 17.7 Å². The number of amides is 1. The van der Waals surface area contributed by atoms with E-state index in [1.54, 1.807) is 11.8 Å². The van der Waals surface area contributed by atoms with Crippen LogP contribution in [0.3, 0.4) is 0 Å². The van der Waals surface area contributed by atoms with Gasteiger partial charge in [-0.2, -0.15) is 4.31 Å². The van der Waals surface area contributed by atoms with Crippen LogP contribution >= 0.6 is 11.3 Å². The van der Waals surface area contributed by atoms with Gasteiger partial charge in [-0.15, -0.1) is 0 Å². The third kappa shape index (κ3) is 4.02. The van der Waals surface area contributed by atoms with Crippen LogP contribution in [0.15, 0.2) is 27.2 Å². The van der Waals surface area contributed by atoms with E-state index in [1.807, 2.05) is 18.2 Å². The normalized spacial score (nSPS) is 16.9. The van der Waals surface area contributed by atoms with Crippen LogP contribution in [-0.2, 0) is 21.2 Å². The predicted octanol–water partition coefficient (Wildman–Crippen LogP) is 0.939. The Bertz CT molecular complexity index is 1080. The Morgan fingerprint density at radius 1 is 1.17 bits per heavy atom. The Hall–Kier alpha value is -2.37. The second-order valence-corrected chi connectivity index (χ2v) is 10.0. The molecule has 2 aliphatic heterocycles. The molecule has 1 fully saturated rings. The van der Waals surface area contributed by atoms with Crippen molar-refractivity contribution < 1.29 is 22.7 Å². The fraction of sp³-hybridized carbons (Fsp3) is 0.444. The SMILES string of the molecule is Cc1[nH]c(=O)sc1S(=O)(=O)N1CCN(C(=O)CCc2ccc3c(c2)OCO3)CC1. The number of carbonyl (C=O) groups excluding carboxylic acids is 1. The van der Waals surface area contributed by atoms with Gasteiger partial charge in [0.15, 0.2) is 15.7 Å². The van der Waals surface area contributed by atoms with Gasteiger partial charge in [-0.25, -0.2) is 8.42 Å². The van der Waals surface area contributed by atoms with Crippen molar-refractivity contribution in [1.82, 2.24) is 14.2 Å². The number of rotatable bonds is 5. The minimum atomic E-state index is -3.73. The molecule has 1 aromatic carbocycles. The topological polar surface area (TPSA) is 109 Å². The van der Waals surface area contributed by atoms with Crippen molar-refractivity contribution in [2.45, 2.75) is 24.0 Å². The molecule has 3 heterocycles. The van der Waals surface area contributed by atoms with Crippen LogP contribution in [-0.4, -0.2) is 61.5 Å². The van der Waals surface area contributed by atoms with Crippen molar-refractivity contribution in [3.63, 3.8) is 0 Å². The molecule has 1 aromatic heterocycles. The van der Waals surface area contributed by atoms with Gasteiger partial charge in [-0.05, 0) is 31.0 Å². The standard InChI is InChI=1S/C18H21N3O6S2/c1-12-17(28-18(23)19-12)29(24,25)21-8-6-20(7-9-21)16(22)5-3-13-2-4-14-15(10-13)27-11-26-14/h2,4,10H,3,5-9,11H2,1H3,(H,19,23). The van der Waals surface area contributed by atoms with Gasteiger partial charge in [0.25, 0.3) is 10.0 Å². The maximum atomic E-state index is 12.8. The van der Waals surface area contributed by atoms with E-state index in [0.29, 0.717) is 54.5 Å². The third-order valence-electron chi connectivity index (χ3n) is 5.01. The molecule has 0 saturated carbocycles. The number of nitrogens with one attached hydrogen (secondary N) is 1. The van der Waals surface area contributed by atoms with E-state index in [9.17, 15) is 18.0 Å². The highest BCUT2D eigenvalue weighted by atomic mass is 32.2. The molecule has 1 N–H and O–H groups in total. The number of thiazole rings is 1. The average Bonchev–Trinajstić information content (AvgIpc) is 3.31. The zero-order valence-corrected chi connectivity index (χ0v) is 17.5. The molecule has 9 nitrogen and oxygen atoms in total. The minimum Gasteiger partial charge on any atom is -0.454 e. The molecule has 156 valence electrons. The summed E-state index contributed by atoms with van der Waals surface area (Å²) >= 11 is 0.696. The number of hydrogen-bond donors (Lipinski definition) is 1. The maximum Gasteiger partial charge on any atom is 0.305 e. The molecule has 1 saturated heterocycles. The first-order valence-corrected chi connectivity index (χ1v) is 11.5. The lowest BCUT2D eigenvalue weighted by Gasteiger charge is -2.33. The number of hydrogen-bond acceptors (Lipinski definition) is 7. The largest absolute Gasteiger partial charge is 0.454 e. The van der Waals surface area contributed by atoms with Gasteiger partial charge in [0.1, 0.15) is 0 Å². The van der Waals surface area contributed by atoms with Crippen molar-refractivity contribution in [2.24, 2.45) is 0 Å². The summed E-state index contributed by atoms with van der Waals surface area (Å²) in [5.41, 5.74) is 1.34. The Labute approximate surface area is 171 Å². The monoisotopic (exact) mass is 439 g/mol. The van der Waals surface area contributed by atoms with Crippen LogP contribution in [0.4, 0.5) is 0 Å². The fourth-order valence-corrected chi connectivity index (χ4v) is 6.30. The summed E-state index contributed by atoms with van der Waals surface area (Å²) in [5.74, 6) is 1.39. The average molecular weight is 440 g/mol. The number of ether oxygens (including phenoxy) is 2. The quantitative estimate of drug-likeness (QED) is 0.743. The second kappa shape index (κ2) is 7.81. The van der Waals surface area contributed by atoms with Crippen molar-refractivity contribution >= 4 is 27.3 Å². The lowest BCUT2D eigenvalue weighted by atomic mass is 10.1. The van der Waals surface area contributed by atoms with Crippen molar-refractivity contribution in [1.29, 1.82) is 0 Å². The summed E-state index contributed by atoms with van der Waals surface area (Å²) < 4.78 is 37.5. The summed E-state index contributed by atoms with van der Waals surface area (Å²) in [6, 6.07) is 5.63. The minimum absolute atomic E-state index is 0.0119. The van der Waals surface area contributed by atoms with Crippen molar-refractivity contribution in [3.05, 3.63) is 39.1 Å². The van der Waals surface area contributed by atoms with Crippen molar-refractivity contribution in [3.8, 4) is 11.5 Å². The van der Waals surface area contributed by atoms with E-state index >= 15 is 0 Å².